The van der Waals surface area contributed by atoms with Gasteiger partial charge in [0.05, 0.1) is 0 Å². The Hall–Kier alpha value is -1.35. The molecule has 1 N–H and O–H groups in total. The van der Waals surface area contributed by atoms with E-state index in [0.717, 1.165) is 31.1 Å². The molecule has 1 aromatic carbocycles. The normalized spacial score (nSPS) is 21.5. The summed E-state index contributed by atoms with van der Waals surface area (Å²) < 4.78 is 0. The van der Waals surface area contributed by atoms with Gasteiger partial charge in [0.2, 0.25) is 5.91 Å². The van der Waals surface area contributed by atoms with Crippen molar-refractivity contribution in [2.75, 3.05) is 25.0 Å². The standard InChI is InChI=1S/C19H28N2O/c1-15(2)8-12-21-13-10-19(11-14-21)9-7-18(22)20-17-6-4-3-5-16(17)19/h3-6,15H,7-14H2,1-2H3,(H,20,22). The van der Waals surface area contributed by atoms with Crippen LogP contribution in [0.2, 0.25) is 0 Å². The highest BCUT2D eigenvalue weighted by molar-refractivity contribution is 5.92. The summed E-state index contributed by atoms with van der Waals surface area (Å²) in [6.07, 6.45) is 5.28. The Labute approximate surface area is 134 Å². The Bertz CT molecular complexity index is 530. The van der Waals surface area contributed by atoms with Crippen molar-refractivity contribution in [2.24, 2.45) is 5.92 Å². The first-order valence-corrected chi connectivity index (χ1v) is 8.71. The van der Waals surface area contributed by atoms with E-state index in [1.54, 1.807) is 0 Å². The van der Waals surface area contributed by atoms with Gasteiger partial charge in [0.1, 0.15) is 0 Å². The van der Waals surface area contributed by atoms with Crippen LogP contribution < -0.4 is 5.32 Å². The van der Waals surface area contributed by atoms with Gasteiger partial charge in [0, 0.05) is 17.5 Å². The van der Waals surface area contributed by atoms with Crippen LogP contribution in [0, 0.1) is 5.92 Å². The lowest BCUT2D eigenvalue weighted by Gasteiger charge is -2.42. The van der Waals surface area contributed by atoms with E-state index in [9.17, 15) is 4.79 Å². The number of carbonyl (C=O) groups is 1. The van der Waals surface area contributed by atoms with Crippen LogP contribution in [-0.4, -0.2) is 30.4 Å². The molecule has 120 valence electrons. The Kier molecular flexibility index (Phi) is 4.53. The van der Waals surface area contributed by atoms with Crippen LogP contribution in [0.1, 0.15) is 51.5 Å². The number of nitrogens with zero attached hydrogens (tertiary/aromatic N) is 1. The number of rotatable bonds is 3. The molecule has 0 unspecified atom stereocenters. The van der Waals surface area contributed by atoms with Crippen LogP contribution in [0.5, 0.6) is 0 Å². The fourth-order valence-corrected chi connectivity index (χ4v) is 3.92. The summed E-state index contributed by atoms with van der Waals surface area (Å²) in [4.78, 5) is 14.6. The van der Waals surface area contributed by atoms with Crippen molar-refractivity contribution in [2.45, 2.75) is 51.4 Å². The lowest BCUT2D eigenvalue weighted by Crippen LogP contribution is -2.43. The first kappa shape index (κ1) is 15.5. The molecule has 1 fully saturated rings. The van der Waals surface area contributed by atoms with Crippen LogP contribution in [0.4, 0.5) is 5.69 Å². The highest BCUT2D eigenvalue weighted by Gasteiger charge is 2.39. The van der Waals surface area contributed by atoms with E-state index in [4.69, 9.17) is 0 Å². The van der Waals surface area contributed by atoms with Crippen LogP contribution in [0.3, 0.4) is 0 Å². The number of carbonyl (C=O) groups excluding carboxylic acids is 1. The fraction of sp³-hybridized carbons (Fsp3) is 0.632. The Morgan fingerprint density at radius 2 is 1.91 bits per heavy atom. The number of para-hydroxylation sites is 1. The van der Waals surface area contributed by atoms with Crippen molar-refractivity contribution >= 4 is 11.6 Å². The van der Waals surface area contributed by atoms with Crippen LogP contribution in [0.25, 0.3) is 0 Å². The molecule has 1 saturated heterocycles. The maximum Gasteiger partial charge on any atom is 0.224 e. The molecule has 1 aromatic rings. The Morgan fingerprint density at radius 1 is 1.18 bits per heavy atom. The molecule has 2 heterocycles. The van der Waals surface area contributed by atoms with Gasteiger partial charge in [-0.3, -0.25) is 4.79 Å². The minimum Gasteiger partial charge on any atom is -0.326 e. The van der Waals surface area contributed by atoms with Gasteiger partial charge in [-0.2, -0.15) is 0 Å². The number of amides is 1. The Balaban J connectivity index is 1.75. The van der Waals surface area contributed by atoms with E-state index < -0.39 is 0 Å². The minimum absolute atomic E-state index is 0.173. The second kappa shape index (κ2) is 6.41. The predicted octanol–water partition coefficient (Wildman–Crippen LogP) is 3.80. The van der Waals surface area contributed by atoms with Crippen molar-refractivity contribution in [3.05, 3.63) is 29.8 Å². The molecule has 1 amide bonds. The van der Waals surface area contributed by atoms with E-state index in [2.05, 4.69) is 42.3 Å². The number of hydrogen-bond acceptors (Lipinski definition) is 2. The van der Waals surface area contributed by atoms with Gasteiger partial charge >= 0.3 is 0 Å². The first-order valence-electron chi connectivity index (χ1n) is 8.71. The molecule has 22 heavy (non-hydrogen) atoms. The van der Waals surface area contributed by atoms with Crippen molar-refractivity contribution < 1.29 is 4.79 Å². The molecular formula is C19H28N2O. The summed E-state index contributed by atoms with van der Waals surface area (Å²) in [7, 11) is 0. The minimum atomic E-state index is 0.173. The second-order valence-corrected chi connectivity index (χ2v) is 7.40. The van der Waals surface area contributed by atoms with E-state index >= 15 is 0 Å². The van der Waals surface area contributed by atoms with Gasteiger partial charge < -0.3 is 10.2 Å². The van der Waals surface area contributed by atoms with Gasteiger partial charge in [-0.05, 0) is 62.9 Å². The molecule has 2 aliphatic rings. The molecule has 0 atom stereocenters. The molecule has 0 aromatic heterocycles. The third-order valence-electron chi connectivity index (χ3n) is 5.44. The van der Waals surface area contributed by atoms with E-state index in [1.807, 2.05) is 6.07 Å². The molecule has 1 spiro atoms. The van der Waals surface area contributed by atoms with Gasteiger partial charge in [-0.1, -0.05) is 32.0 Å². The van der Waals surface area contributed by atoms with Gasteiger partial charge in [-0.15, -0.1) is 0 Å². The van der Waals surface area contributed by atoms with Gasteiger partial charge in [-0.25, -0.2) is 0 Å². The molecule has 3 nitrogen and oxygen atoms in total. The third kappa shape index (κ3) is 3.19. The molecule has 0 aliphatic carbocycles. The van der Waals surface area contributed by atoms with Crippen molar-refractivity contribution in [1.29, 1.82) is 0 Å². The zero-order valence-electron chi connectivity index (χ0n) is 13.9. The third-order valence-corrected chi connectivity index (χ3v) is 5.44. The number of benzene rings is 1. The lowest BCUT2D eigenvalue weighted by molar-refractivity contribution is -0.116. The molecule has 3 heteroatoms. The summed E-state index contributed by atoms with van der Waals surface area (Å²) in [5, 5.41) is 3.09. The summed E-state index contributed by atoms with van der Waals surface area (Å²) in [6, 6.07) is 8.43. The van der Waals surface area contributed by atoms with Gasteiger partial charge in [0.15, 0.2) is 0 Å². The molecule has 0 radical (unpaired) electrons. The summed E-state index contributed by atoms with van der Waals surface area (Å²) in [5.74, 6) is 0.947. The van der Waals surface area contributed by atoms with Crippen LogP contribution in [-0.2, 0) is 10.2 Å². The molecule has 0 bridgehead atoms. The predicted molar refractivity (Wildman–Crippen MR) is 91.1 cm³/mol. The highest BCUT2D eigenvalue weighted by Crippen LogP contribution is 2.44. The van der Waals surface area contributed by atoms with E-state index in [0.29, 0.717) is 6.42 Å². The molecule has 3 rings (SSSR count). The number of fused-ring (bicyclic) bond motifs is 2. The maximum atomic E-state index is 12.0. The number of hydrogen-bond donors (Lipinski definition) is 1. The SMILES string of the molecule is CC(C)CCN1CCC2(CCC(=O)Nc3ccccc32)CC1. The number of nitrogens with one attached hydrogen (secondary N) is 1. The van der Waals surface area contributed by atoms with E-state index in [1.165, 1.54) is 31.4 Å². The molecule has 2 aliphatic heterocycles. The summed E-state index contributed by atoms with van der Waals surface area (Å²) >= 11 is 0. The molecule has 0 saturated carbocycles. The monoisotopic (exact) mass is 300 g/mol. The zero-order valence-corrected chi connectivity index (χ0v) is 13.9. The number of likely N-dealkylation sites (tertiary alicyclic amines) is 1. The van der Waals surface area contributed by atoms with Crippen LogP contribution in [0.15, 0.2) is 24.3 Å². The summed E-state index contributed by atoms with van der Waals surface area (Å²) in [5.41, 5.74) is 2.61. The van der Waals surface area contributed by atoms with Crippen molar-refractivity contribution in [3.63, 3.8) is 0 Å². The van der Waals surface area contributed by atoms with E-state index in [-0.39, 0.29) is 11.3 Å². The number of piperidine rings is 1. The molecular weight excluding hydrogens is 272 g/mol. The average Bonchev–Trinajstić information content (AvgIpc) is 2.65. The largest absolute Gasteiger partial charge is 0.326 e. The van der Waals surface area contributed by atoms with Crippen LogP contribution >= 0.6 is 0 Å². The lowest BCUT2D eigenvalue weighted by atomic mass is 9.69. The number of anilines is 1. The first-order chi connectivity index (χ1) is 10.6. The average molecular weight is 300 g/mol. The topological polar surface area (TPSA) is 32.3 Å². The Morgan fingerprint density at radius 3 is 2.64 bits per heavy atom. The van der Waals surface area contributed by atoms with Gasteiger partial charge in [0.25, 0.3) is 0 Å². The maximum absolute atomic E-state index is 12.0. The highest BCUT2D eigenvalue weighted by atomic mass is 16.1. The summed E-state index contributed by atoms with van der Waals surface area (Å²) in [6.45, 7) is 8.13. The van der Waals surface area contributed by atoms with Crippen molar-refractivity contribution in [1.82, 2.24) is 4.90 Å². The quantitative estimate of drug-likeness (QED) is 0.921. The smallest absolute Gasteiger partial charge is 0.224 e. The zero-order chi connectivity index (χ0) is 15.6. The van der Waals surface area contributed by atoms with Crippen molar-refractivity contribution in [3.8, 4) is 0 Å². The fourth-order valence-electron chi connectivity index (χ4n) is 3.92. The second-order valence-electron chi connectivity index (χ2n) is 7.40.